The molecule has 2 aliphatic rings. The molecule has 2 aromatic rings. The highest BCUT2D eigenvalue weighted by Gasteiger charge is 2.29. The maximum Gasteiger partial charge on any atom is 0.123 e. The van der Waals surface area contributed by atoms with Crippen molar-refractivity contribution in [2.45, 2.75) is 19.4 Å². The van der Waals surface area contributed by atoms with Crippen LogP contribution in [0.3, 0.4) is 0 Å². The molecular formula is C17H14N2O. The number of allylic oxidation sites excluding steroid dienone is 2. The molecule has 1 aliphatic heterocycles. The van der Waals surface area contributed by atoms with Gasteiger partial charge in [-0.05, 0) is 36.1 Å². The minimum atomic E-state index is -0.0120. The second-order valence-electron chi connectivity index (χ2n) is 5.34. The minimum Gasteiger partial charge on any atom is -0.367 e. The van der Waals surface area contributed by atoms with Crippen LogP contribution in [0.25, 0.3) is 10.9 Å². The third kappa shape index (κ3) is 1.43. The van der Waals surface area contributed by atoms with E-state index in [-0.39, 0.29) is 6.10 Å². The summed E-state index contributed by atoms with van der Waals surface area (Å²) >= 11 is 0. The van der Waals surface area contributed by atoms with Crippen molar-refractivity contribution in [1.29, 1.82) is 5.26 Å². The van der Waals surface area contributed by atoms with Gasteiger partial charge in [-0.25, -0.2) is 0 Å². The maximum absolute atomic E-state index is 9.36. The second-order valence-corrected chi connectivity index (χ2v) is 5.34. The van der Waals surface area contributed by atoms with E-state index in [1.165, 1.54) is 16.7 Å². The fraction of sp³-hybridized carbons (Fsp3) is 0.235. The van der Waals surface area contributed by atoms with Gasteiger partial charge in [0, 0.05) is 5.39 Å². The largest absolute Gasteiger partial charge is 0.367 e. The first kappa shape index (κ1) is 11.5. The van der Waals surface area contributed by atoms with Crippen molar-refractivity contribution in [2.24, 2.45) is 0 Å². The second kappa shape index (κ2) is 4.09. The standard InChI is InChI=1S/C17H14N2O/c1-10-5-6-12(9-18)14-13-7-8-20-17(11-3-2-4-11)16(13)19-15(10)14/h2-6,17,19H,7-8H2,1H3. The topological polar surface area (TPSA) is 48.8 Å². The fourth-order valence-corrected chi connectivity index (χ4v) is 3.11. The Kier molecular flexibility index (Phi) is 2.35. The quantitative estimate of drug-likeness (QED) is 0.855. The van der Waals surface area contributed by atoms with Gasteiger partial charge in [0.2, 0.25) is 0 Å². The number of H-pyrrole nitrogens is 1. The van der Waals surface area contributed by atoms with Crippen LogP contribution in [0, 0.1) is 18.3 Å². The molecule has 0 radical (unpaired) electrons. The van der Waals surface area contributed by atoms with E-state index in [2.05, 4.69) is 30.1 Å². The van der Waals surface area contributed by atoms with Crippen molar-refractivity contribution in [3.63, 3.8) is 0 Å². The van der Waals surface area contributed by atoms with Crippen molar-refractivity contribution >= 4 is 10.9 Å². The smallest absolute Gasteiger partial charge is 0.123 e. The van der Waals surface area contributed by atoms with Crippen molar-refractivity contribution in [3.05, 3.63) is 58.3 Å². The molecule has 1 aliphatic carbocycles. The highest BCUT2D eigenvalue weighted by molar-refractivity contribution is 5.92. The van der Waals surface area contributed by atoms with Crippen LogP contribution in [0.5, 0.6) is 0 Å². The molecule has 1 aromatic carbocycles. The lowest BCUT2D eigenvalue weighted by Gasteiger charge is -2.26. The fourth-order valence-electron chi connectivity index (χ4n) is 3.11. The van der Waals surface area contributed by atoms with Crippen molar-refractivity contribution < 1.29 is 4.74 Å². The molecule has 2 heterocycles. The summed E-state index contributed by atoms with van der Waals surface area (Å²) in [4.78, 5) is 3.51. The summed E-state index contributed by atoms with van der Waals surface area (Å²) in [5, 5.41) is 10.4. The van der Waals surface area contributed by atoms with Gasteiger partial charge in [-0.1, -0.05) is 24.3 Å². The van der Waals surface area contributed by atoms with E-state index < -0.39 is 0 Å². The monoisotopic (exact) mass is 262 g/mol. The molecule has 3 nitrogen and oxygen atoms in total. The Bertz CT molecular complexity index is 818. The van der Waals surface area contributed by atoms with Crippen LogP contribution < -0.4 is 0 Å². The maximum atomic E-state index is 9.36. The molecule has 0 spiro atoms. The number of ether oxygens (including phenoxy) is 1. The lowest BCUT2D eigenvalue weighted by Crippen LogP contribution is -2.18. The molecule has 1 unspecified atom stereocenters. The molecule has 98 valence electrons. The zero-order chi connectivity index (χ0) is 13.7. The van der Waals surface area contributed by atoms with Crippen molar-refractivity contribution in [3.8, 4) is 6.07 Å². The molecule has 1 aromatic heterocycles. The number of aromatic nitrogens is 1. The molecule has 4 rings (SSSR count). The number of fused-ring (bicyclic) bond motifs is 3. The number of rotatable bonds is 1. The molecule has 0 fully saturated rings. The first-order chi connectivity index (χ1) is 9.79. The number of aryl methyl sites for hydroxylation is 1. The highest BCUT2D eigenvalue weighted by Crippen LogP contribution is 2.40. The van der Waals surface area contributed by atoms with Crippen LogP contribution in [0.1, 0.15) is 28.5 Å². The summed E-state index contributed by atoms with van der Waals surface area (Å²) in [5.74, 6) is 0. The van der Waals surface area contributed by atoms with Gasteiger partial charge in [0.15, 0.2) is 0 Å². The van der Waals surface area contributed by atoms with Crippen LogP contribution in [0.15, 0.2) is 35.9 Å². The zero-order valence-corrected chi connectivity index (χ0v) is 11.2. The summed E-state index contributed by atoms with van der Waals surface area (Å²) in [7, 11) is 0. The lowest BCUT2D eigenvalue weighted by atomic mass is 9.93. The van der Waals surface area contributed by atoms with E-state index in [0.29, 0.717) is 6.61 Å². The van der Waals surface area contributed by atoms with Crippen LogP contribution in [-0.2, 0) is 11.2 Å². The summed E-state index contributed by atoms with van der Waals surface area (Å²) in [6, 6.07) is 6.23. The predicted molar refractivity (Wildman–Crippen MR) is 77.4 cm³/mol. The first-order valence-electron chi connectivity index (χ1n) is 6.83. The molecule has 1 atom stereocenters. The lowest BCUT2D eigenvalue weighted by molar-refractivity contribution is 0.0667. The molecule has 0 bridgehead atoms. The van der Waals surface area contributed by atoms with Gasteiger partial charge in [-0.2, -0.15) is 5.26 Å². The average molecular weight is 262 g/mol. The Morgan fingerprint density at radius 2 is 2.25 bits per heavy atom. The number of nitrogens with zero attached hydrogens (tertiary/aromatic N) is 1. The van der Waals surface area contributed by atoms with E-state index in [9.17, 15) is 5.26 Å². The molecule has 0 amide bonds. The number of nitriles is 1. The average Bonchev–Trinajstić information content (AvgIpc) is 2.79. The van der Waals surface area contributed by atoms with Crippen LogP contribution in [-0.4, -0.2) is 11.6 Å². The van der Waals surface area contributed by atoms with Crippen LogP contribution in [0.4, 0.5) is 0 Å². The zero-order valence-electron chi connectivity index (χ0n) is 11.2. The molecule has 1 N–H and O–H groups in total. The van der Waals surface area contributed by atoms with E-state index in [4.69, 9.17) is 4.74 Å². The third-order valence-electron chi connectivity index (χ3n) is 4.20. The Balaban J connectivity index is 2.01. The first-order valence-corrected chi connectivity index (χ1v) is 6.83. The van der Waals surface area contributed by atoms with Gasteiger partial charge in [0.1, 0.15) is 6.10 Å². The van der Waals surface area contributed by atoms with E-state index >= 15 is 0 Å². The third-order valence-corrected chi connectivity index (χ3v) is 4.20. The van der Waals surface area contributed by atoms with E-state index in [0.717, 1.165) is 28.6 Å². The summed E-state index contributed by atoms with van der Waals surface area (Å²) in [6.45, 7) is 2.78. The normalized spacial score (nSPS) is 20.2. The number of benzene rings is 1. The van der Waals surface area contributed by atoms with Gasteiger partial charge in [-0.3, -0.25) is 0 Å². The number of hydrogen-bond donors (Lipinski definition) is 1. The summed E-state index contributed by atoms with van der Waals surface area (Å²) < 4.78 is 5.92. The molecule has 0 saturated heterocycles. The van der Waals surface area contributed by atoms with Crippen molar-refractivity contribution in [2.75, 3.05) is 6.61 Å². The molecule has 0 saturated carbocycles. The Morgan fingerprint density at radius 3 is 2.95 bits per heavy atom. The van der Waals surface area contributed by atoms with Crippen LogP contribution in [0.2, 0.25) is 0 Å². The number of nitrogens with one attached hydrogen (secondary N) is 1. The number of hydrogen-bond acceptors (Lipinski definition) is 2. The van der Waals surface area contributed by atoms with E-state index in [1.54, 1.807) is 0 Å². The van der Waals surface area contributed by atoms with Gasteiger partial charge in [0.25, 0.3) is 0 Å². The Hall–Kier alpha value is -2.31. The Labute approximate surface area is 117 Å². The SMILES string of the molecule is Cc1ccc(C#N)c2c3c([nH]c12)C(C1=CC=C1)OCC3. The van der Waals surface area contributed by atoms with Crippen LogP contribution >= 0.6 is 0 Å². The van der Waals surface area contributed by atoms with Gasteiger partial charge in [-0.15, -0.1) is 0 Å². The molecule has 20 heavy (non-hydrogen) atoms. The minimum absolute atomic E-state index is 0.0120. The summed E-state index contributed by atoms with van der Waals surface area (Å²) in [5.41, 5.74) is 6.57. The predicted octanol–water partition coefficient (Wildman–Crippen LogP) is 3.46. The van der Waals surface area contributed by atoms with Gasteiger partial charge >= 0.3 is 0 Å². The summed E-state index contributed by atoms with van der Waals surface area (Å²) in [6.07, 6.45) is 7.05. The molecule has 3 heteroatoms. The van der Waals surface area contributed by atoms with E-state index in [1.807, 2.05) is 18.2 Å². The highest BCUT2D eigenvalue weighted by atomic mass is 16.5. The number of aromatic amines is 1. The van der Waals surface area contributed by atoms with Gasteiger partial charge < -0.3 is 9.72 Å². The van der Waals surface area contributed by atoms with Crippen molar-refractivity contribution in [1.82, 2.24) is 4.98 Å². The van der Waals surface area contributed by atoms with Gasteiger partial charge in [0.05, 0.1) is 29.5 Å². The Morgan fingerprint density at radius 1 is 1.40 bits per heavy atom. The molecular weight excluding hydrogens is 248 g/mol.